The van der Waals surface area contributed by atoms with Crippen LogP contribution in [-0.2, 0) is 22.4 Å². The maximum absolute atomic E-state index is 10.3. The maximum Gasteiger partial charge on any atom is 0.303 e. The van der Waals surface area contributed by atoms with Crippen LogP contribution in [-0.4, -0.2) is 36.4 Å². The molecule has 0 spiro atoms. The van der Waals surface area contributed by atoms with Crippen LogP contribution in [0.25, 0.3) is 0 Å². The van der Waals surface area contributed by atoms with Gasteiger partial charge in [-0.3, -0.25) is 9.59 Å². The van der Waals surface area contributed by atoms with Gasteiger partial charge >= 0.3 is 11.9 Å². The van der Waals surface area contributed by atoms with Crippen LogP contribution in [0.3, 0.4) is 0 Å². The van der Waals surface area contributed by atoms with Crippen molar-refractivity contribution in [1.82, 2.24) is 0 Å². The van der Waals surface area contributed by atoms with Gasteiger partial charge in [-0.1, -0.05) is 24.3 Å². The molecule has 2 aromatic carbocycles. The van der Waals surface area contributed by atoms with Crippen molar-refractivity contribution in [2.75, 3.05) is 14.2 Å². The van der Waals surface area contributed by atoms with E-state index in [1.165, 1.54) is 0 Å². The SMILES string of the molecule is COc1ccc(CCC(=O)O)cc1.COc1ccc(CCC(=O)O)cc1. The number of hydrogen-bond donors (Lipinski definition) is 2. The maximum atomic E-state index is 10.3. The van der Waals surface area contributed by atoms with Crippen molar-refractivity contribution in [2.45, 2.75) is 25.7 Å². The summed E-state index contributed by atoms with van der Waals surface area (Å²) < 4.78 is 9.96. The van der Waals surface area contributed by atoms with Gasteiger partial charge in [-0.25, -0.2) is 0 Å². The zero-order valence-electron chi connectivity index (χ0n) is 15.0. The lowest BCUT2D eigenvalue weighted by atomic mass is 10.1. The van der Waals surface area contributed by atoms with Gasteiger partial charge in [-0.15, -0.1) is 0 Å². The van der Waals surface area contributed by atoms with Crippen molar-refractivity contribution in [3.8, 4) is 11.5 Å². The Morgan fingerprint density at radius 3 is 1.23 bits per heavy atom. The molecule has 0 aromatic heterocycles. The van der Waals surface area contributed by atoms with Gasteiger partial charge in [0.25, 0.3) is 0 Å². The van der Waals surface area contributed by atoms with E-state index in [0.29, 0.717) is 12.8 Å². The summed E-state index contributed by atoms with van der Waals surface area (Å²) in [6.07, 6.45) is 1.48. The highest BCUT2D eigenvalue weighted by Gasteiger charge is 1.99. The number of benzene rings is 2. The van der Waals surface area contributed by atoms with Gasteiger partial charge in [0.1, 0.15) is 11.5 Å². The minimum atomic E-state index is -0.768. The molecule has 26 heavy (non-hydrogen) atoms. The molecule has 6 nitrogen and oxygen atoms in total. The third-order valence-electron chi connectivity index (χ3n) is 3.57. The second kappa shape index (κ2) is 11.5. The third kappa shape index (κ3) is 8.73. The first-order valence-electron chi connectivity index (χ1n) is 8.14. The van der Waals surface area contributed by atoms with Crippen molar-refractivity contribution < 1.29 is 29.3 Å². The molecule has 0 radical (unpaired) electrons. The van der Waals surface area contributed by atoms with Crippen molar-refractivity contribution in [2.24, 2.45) is 0 Å². The summed E-state index contributed by atoms with van der Waals surface area (Å²) in [5, 5.41) is 16.9. The van der Waals surface area contributed by atoms with Crippen LogP contribution in [0.5, 0.6) is 11.5 Å². The number of carbonyl (C=O) groups is 2. The lowest BCUT2D eigenvalue weighted by Gasteiger charge is -2.01. The molecule has 0 unspecified atom stereocenters. The molecule has 0 saturated heterocycles. The Morgan fingerprint density at radius 1 is 0.692 bits per heavy atom. The number of carboxylic acid groups (broad SMARTS) is 2. The molecular formula is C20H24O6. The third-order valence-corrected chi connectivity index (χ3v) is 3.57. The van der Waals surface area contributed by atoms with E-state index in [-0.39, 0.29) is 12.8 Å². The van der Waals surface area contributed by atoms with E-state index in [0.717, 1.165) is 22.6 Å². The molecule has 0 aliphatic heterocycles. The number of aryl methyl sites for hydroxylation is 2. The highest BCUT2D eigenvalue weighted by molar-refractivity contribution is 5.67. The molecule has 0 aliphatic carbocycles. The van der Waals surface area contributed by atoms with Crippen molar-refractivity contribution >= 4 is 11.9 Å². The Hall–Kier alpha value is -3.02. The van der Waals surface area contributed by atoms with Crippen LogP contribution in [0.1, 0.15) is 24.0 Å². The summed E-state index contributed by atoms with van der Waals surface area (Å²) in [5.41, 5.74) is 2.03. The van der Waals surface area contributed by atoms with Crippen molar-refractivity contribution in [3.05, 3.63) is 59.7 Å². The lowest BCUT2D eigenvalue weighted by molar-refractivity contribution is -0.138. The zero-order valence-corrected chi connectivity index (χ0v) is 15.0. The smallest absolute Gasteiger partial charge is 0.303 e. The summed E-state index contributed by atoms with van der Waals surface area (Å²) in [6.45, 7) is 0. The van der Waals surface area contributed by atoms with E-state index in [9.17, 15) is 9.59 Å². The summed E-state index contributed by atoms with van der Waals surface area (Å²) in [4.78, 5) is 20.5. The topological polar surface area (TPSA) is 93.1 Å². The molecule has 0 amide bonds. The Labute approximate surface area is 153 Å². The van der Waals surface area contributed by atoms with Crippen LogP contribution in [0.15, 0.2) is 48.5 Å². The van der Waals surface area contributed by atoms with Crippen LogP contribution in [0.2, 0.25) is 0 Å². The molecule has 0 fully saturated rings. The fourth-order valence-corrected chi connectivity index (χ4v) is 2.09. The fourth-order valence-electron chi connectivity index (χ4n) is 2.09. The largest absolute Gasteiger partial charge is 0.497 e. The van der Waals surface area contributed by atoms with Crippen LogP contribution in [0, 0.1) is 0 Å². The average molecular weight is 360 g/mol. The predicted octanol–water partition coefficient (Wildman–Crippen LogP) is 3.42. The fraction of sp³-hybridized carbons (Fsp3) is 0.300. The molecule has 2 aromatic rings. The molecule has 2 rings (SSSR count). The molecule has 2 N–H and O–H groups in total. The van der Waals surface area contributed by atoms with E-state index >= 15 is 0 Å². The van der Waals surface area contributed by atoms with Gasteiger partial charge in [0.05, 0.1) is 14.2 Å². The van der Waals surface area contributed by atoms with Gasteiger partial charge in [-0.05, 0) is 48.2 Å². The second-order valence-corrected chi connectivity index (χ2v) is 5.48. The number of rotatable bonds is 8. The molecule has 0 saturated carbocycles. The molecule has 0 aliphatic rings. The van der Waals surface area contributed by atoms with Gasteiger partial charge in [0.15, 0.2) is 0 Å². The normalized spacial score (nSPS) is 9.62. The summed E-state index contributed by atoms with van der Waals surface area (Å²) in [6, 6.07) is 14.8. The molecule has 0 atom stereocenters. The molecule has 0 heterocycles. The highest BCUT2D eigenvalue weighted by Crippen LogP contribution is 2.13. The average Bonchev–Trinajstić information content (AvgIpc) is 2.66. The van der Waals surface area contributed by atoms with Crippen LogP contribution >= 0.6 is 0 Å². The van der Waals surface area contributed by atoms with E-state index in [1.54, 1.807) is 14.2 Å². The number of aliphatic carboxylic acids is 2. The van der Waals surface area contributed by atoms with Gasteiger partial charge in [0, 0.05) is 12.8 Å². The summed E-state index contributed by atoms with van der Waals surface area (Å²) in [7, 11) is 3.21. The minimum absolute atomic E-state index is 0.173. The van der Waals surface area contributed by atoms with Gasteiger partial charge in [0.2, 0.25) is 0 Å². The first-order chi connectivity index (χ1) is 12.4. The molecule has 140 valence electrons. The zero-order chi connectivity index (χ0) is 19.4. The summed E-state index contributed by atoms with van der Waals surface area (Å²) in [5.74, 6) is 0.0461. The lowest BCUT2D eigenvalue weighted by Crippen LogP contribution is -1.97. The summed E-state index contributed by atoms with van der Waals surface area (Å²) >= 11 is 0. The van der Waals surface area contributed by atoms with E-state index in [2.05, 4.69) is 0 Å². The van der Waals surface area contributed by atoms with Crippen molar-refractivity contribution in [3.63, 3.8) is 0 Å². The minimum Gasteiger partial charge on any atom is -0.497 e. The van der Waals surface area contributed by atoms with E-state index in [4.69, 9.17) is 19.7 Å². The number of carboxylic acids is 2. The standard InChI is InChI=1S/2C10H12O3/c2*1-13-9-5-2-8(3-6-9)4-7-10(11)12/h2*2-3,5-6H,4,7H2,1H3,(H,11,12). The predicted molar refractivity (Wildman–Crippen MR) is 97.9 cm³/mol. The monoisotopic (exact) mass is 360 g/mol. The Balaban J connectivity index is 0.000000260. The van der Waals surface area contributed by atoms with E-state index < -0.39 is 11.9 Å². The van der Waals surface area contributed by atoms with Gasteiger partial charge in [-0.2, -0.15) is 0 Å². The first kappa shape index (κ1) is 21.0. The number of ether oxygens (including phenoxy) is 2. The number of methoxy groups -OCH3 is 2. The Kier molecular flexibility index (Phi) is 9.31. The van der Waals surface area contributed by atoms with Crippen LogP contribution in [0.4, 0.5) is 0 Å². The molecule has 6 heteroatoms. The van der Waals surface area contributed by atoms with Crippen molar-refractivity contribution in [1.29, 1.82) is 0 Å². The first-order valence-corrected chi connectivity index (χ1v) is 8.14. The second-order valence-electron chi connectivity index (χ2n) is 5.48. The highest BCUT2D eigenvalue weighted by atomic mass is 16.5. The molecular weight excluding hydrogens is 336 g/mol. The molecule has 0 bridgehead atoms. The quantitative estimate of drug-likeness (QED) is 0.749. The van der Waals surface area contributed by atoms with Crippen LogP contribution < -0.4 is 9.47 Å². The van der Waals surface area contributed by atoms with E-state index in [1.807, 2.05) is 48.5 Å². The number of hydrogen-bond acceptors (Lipinski definition) is 4. The Morgan fingerprint density at radius 2 is 1.00 bits per heavy atom. The Bertz CT molecular complexity index is 615. The van der Waals surface area contributed by atoms with Gasteiger partial charge < -0.3 is 19.7 Å².